The second kappa shape index (κ2) is 7.33. The van der Waals surface area contributed by atoms with Crippen LogP contribution in [0.3, 0.4) is 0 Å². The second-order valence-corrected chi connectivity index (χ2v) is 5.96. The fraction of sp³-hybridized carbons (Fsp3) is 0.150. The first-order valence-corrected chi connectivity index (χ1v) is 8.13. The van der Waals surface area contributed by atoms with Crippen molar-refractivity contribution in [1.29, 1.82) is 0 Å². The van der Waals surface area contributed by atoms with E-state index in [2.05, 4.69) is 0 Å². The van der Waals surface area contributed by atoms with Crippen LogP contribution in [0.5, 0.6) is 5.75 Å². The highest BCUT2D eigenvalue weighted by Crippen LogP contribution is 2.39. The number of aliphatic hydroxyl groups is 1. The van der Waals surface area contributed by atoms with E-state index in [-0.39, 0.29) is 11.3 Å². The summed E-state index contributed by atoms with van der Waals surface area (Å²) >= 11 is 0. The molecule has 1 atom stereocenters. The molecule has 0 aliphatic carbocycles. The standard InChI is InChI=1S/C20H17NO6/c1-27-14-9-7-12(8-10-14)17-16(18(24)13-5-3-2-4-6-13)19(25)20(26)21(17)11-15(22)23/h2-10,17,24H,11H2,1H3,(H,22,23)/t17-/m1/s1. The lowest BCUT2D eigenvalue weighted by atomic mass is 9.95. The number of hydrogen-bond donors (Lipinski definition) is 2. The van der Waals surface area contributed by atoms with Crippen LogP contribution in [0.4, 0.5) is 0 Å². The highest BCUT2D eigenvalue weighted by molar-refractivity contribution is 6.46. The van der Waals surface area contributed by atoms with Crippen LogP contribution in [0.25, 0.3) is 5.76 Å². The molecule has 3 rings (SSSR count). The van der Waals surface area contributed by atoms with Gasteiger partial charge in [0, 0.05) is 5.56 Å². The minimum atomic E-state index is -1.25. The molecule has 1 aliphatic heterocycles. The SMILES string of the molecule is COc1ccc([C@@H]2C(=C(O)c3ccccc3)C(=O)C(=O)N2CC(=O)O)cc1. The average molecular weight is 367 g/mol. The third-order valence-corrected chi connectivity index (χ3v) is 4.32. The van der Waals surface area contributed by atoms with E-state index in [4.69, 9.17) is 9.84 Å². The Bertz CT molecular complexity index is 917. The van der Waals surface area contributed by atoms with E-state index >= 15 is 0 Å². The summed E-state index contributed by atoms with van der Waals surface area (Å²) < 4.78 is 5.11. The molecule has 0 aromatic heterocycles. The minimum Gasteiger partial charge on any atom is -0.507 e. The van der Waals surface area contributed by atoms with E-state index in [1.807, 2.05) is 0 Å². The Hall–Kier alpha value is -3.61. The van der Waals surface area contributed by atoms with Gasteiger partial charge in [0.1, 0.15) is 18.1 Å². The highest BCUT2D eigenvalue weighted by atomic mass is 16.5. The summed E-state index contributed by atoms with van der Waals surface area (Å²) in [5.41, 5.74) is 0.718. The summed E-state index contributed by atoms with van der Waals surface area (Å²) in [6.45, 7) is -0.660. The van der Waals surface area contributed by atoms with Gasteiger partial charge in [0.2, 0.25) is 0 Å². The van der Waals surface area contributed by atoms with Crippen molar-refractivity contribution in [2.24, 2.45) is 0 Å². The summed E-state index contributed by atoms with van der Waals surface area (Å²) in [5.74, 6) is -2.91. The minimum absolute atomic E-state index is 0.141. The van der Waals surface area contributed by atoms with Gasteiger partial charge in [-0.3, -0.25) is 14.4 Å². The van der Waals surface area contributed by atoms with E-state index < -0.39 is 30.2 Å². The molecule has 2 aromatic carbocycles. The van der Waals surface area contributed by atoms with Crippen LogP contribution in [-0.2, 0) is 14.4 Å². The number of rotatable bonds is 5. The number of ether oxygens (including phenoxy) is 1. The zero-order valence-electron chi connectivity index (χ0n) is 14.5. The van der Waals surface area contributed by atoms with Crippen LogP contribution < -0.4 is 4.74 Å². The van der Waals surface area contributed by atoms with Gasteiger partial charge in [0.25, 0.3) is 11.7 Å². The fourth-order valence-corrected chi connectivity index (χ4v) is 3.07. The maximum absolute atomic E-state index is 12.6. The van der Waals surface area contributed by atoms with Crippen molar-refractivity contribution < 1.29 is 29.3 Å². The normalized spacial score (nSPS) is 18.6. The van der Waals surface area contributed by atoms with Gasteiger partial charge in [-0.1, -0.05) is 42.5 Å². The first-order chi connectivity index (χ1) is 12.9. The monoisotopic (exact) mass is 367 g/mol. The van der Waals surface area contributed by atoms with Crippen LogP contribution in [-0.4, -0.2) is 46.4 Å². The van der Waals surface area contributed by atoms with Crippen molar-refractivity contribution in [1.82, 2.24) is 4.90 Å². The molecule has 27 heavy (non-hydrogen) atoms. The quantitative estimate of drug-likeness (QED) is 0.477. The first kappa shape index (κ1) is 18.2. The second-order valence-electron chi connectivity index (χ2n) is 5.96. The molecule has 1 saturated heterocycles. The topological polar surface area (TPSA) is 104 Å². The van der Waals surface area contributed by atoms with Gasteiger partial charge in [0.15, 0.2) is 0 Å². The van der Waals surface area contributed by atoms with Crippen LogP contribution in [0.2, 0.25) is 0 Å². The molecule has 1 aliphatic rings. The summed E-state index contributed by atoms with van der Waals surface area (Å²) in [6.07, 6.45) is 0. The summed E-state index contributed by atoms with van der Waals surface area (Å²) in [5, 5.41) is 19.9. The molecule has 138 valence electrons. The number of aliphatic carboxylic acids is 1. The summed E-state index contributed by atoms with van der Waals surface area (Å²) in [7, 11) is 1.50. The molecular formula is C20H17NO6. The smallest absolute Gasteiger partial charge is 0.323 e. The molecule has 0 saturated carbocycles. The molecule has 2 N–H and O–H groups in total. The third kappa shape index (κ3) is 3.39. The first-order valence-electron chi connectivity index (χ1n) is 8.13. The van der Waals surface area contributed by atoms with E-state index in [1.54, 1.807) is 54.6 Å². The number of nitrogens with zero attached hydrogens (tertiary/aromatic N) is 1. The largest absolute Gasteiger partial charge is 0.507 e. The van der Waals surface area contributed by atoms with Gasteiger partial charge in [0.05, 0.1) is 18.7 Å². The Labute approximate surface area is 155 Å². The molecule has 0 bridgehead atoms. The molecule has 7 nitrogen and oxygen atoms in total. The third-order valence-electron chi connectivity index (χ3n) is 4.32. The van der Waals surface area contributed by atoms with Crippen LogP contribution in [0.1, 0.15) is 17.2 Å². The zero-order chi connectivity index (χ0) is 19.6. The molecule has 0 spiro atoms. The number of carbonyl (C=O) groups is 3. The number of Topliss-reactive ketones (excluding diaryl/α,β-unsaturated/α-hetero) is 1. The Morgan fingerprint density at radius 2 is 1.67 bits per heavy atom. The predicted molar refractivity (Wildman–Crippen MR) is 96.1 cm³/mol. The van der Waals surface area contributed by atoms with Crippen molar-refractivity contribution in [3.05, 3.63) is 71.3 Å². The number of aliphatic hydroxyl groups excluding tert-OH is 1. The van der Waals surface area contributed by atoms with Gasteiger partial charge < -0.3 is 19.8 Å². The maximum atomic E-state index is 12.6. The number of ketones is 1. The van der Waals surface area contributed by atoms with Crippen LogP contribution in [0, 0.1) is 0 Å². The Balaban J connectivity index is 2.17. The maximum Gasteiger partial charge on any atom is 0.323 e. The van der Waals surface area contributed by atoms with Gasteiger partial charge in [-0.25, -0.2) is 0 Å². The van der Waals surface area contributed by atoms with Crippen LogP contribution >= 0.6 is 0 Å². The molecule has 1 amide bonds. The number of carbonyl (C=O) groups excluding carboxylic acids is 2. The molecule has 2 aromatic rings. The molecular weight excluding hydrogens is 350 g/mol. The molecule has 0 radical (unpaired) electrons. The predicted octanol–water partition coefficient (Wildman–Crippen LogP) is 2.20. The molecule has 1 heterocycles. The number of benzene rings is 2. The number of carboxylic acids is 1. The van der Waals surface area contributed by atoms with Gasteiger partial charge in [-0.15, -0.1) is 0 Å². The molecule has 1 fully saturated rings. The number of hydrogen-bond acceptors (Lipinski definition) is 5. The van der Waals surface area contributed by atoms with Gasteiger partial charge in [-0.05, 0) is 17.7 Å². The molecule has 0 unspecified atom stereocenters. The number of likely N-dealkylation sites (tertiary alicyclic amines) is 1. The lowest BCUT2D eigenvalue weighted by Gasteiger charge is -2.23. The molecule has 7 heteroatoms. The summed E-state index contributed by atoms with van der Waals surface area (Å²) in [4.78, 5) is 37.2. The van der Waals surface area contributed by atoms with E-state index in [0.717, 1.165) is 4.90 Å². The lowest BCUT2D eigenvalue weighted by molar-refractivity contribution is -0.146. The Morgan fingerprint density at radius 3 is 2.22 bits per heavy atom. The zero-order valence-corrected chi connectivity index (χ0v) is 14.5. The van der Waals surface area contributed by atoms with Crippen molar-refractivity contribution in [3.63, 3.8) is 0 Å². The van der Waals surface area contributed by atoms with Crippen molar-refractivity contribution in [2.45, 2.75) is 6.04 Å². The Kier molecular flexibility index (Phi) is 4.94. The van der Waals surface area contributed by atoms with E-state index in [1.165, 1.54) is 7.11 Å². The van der Waals surface area contributed by atoms with Gasteiger partial charge in [-0.2, -0.15) is 0 Å². The van der Waals surface area contributed by atoms with E-state index in [9.17, 15) is 19.5 Å². The van der Waals surface area contributed by atoms with Crippen molar-refractivity contribution in [3.8, 4) is 5.75 Å². The highest BCUT2D eigenvalue weighted by Gasteiger charge is 2.46. The number of methoxy groups -OCH3 is 1. The van der Waals surface area contributed by atoms with Crippen molar-refractivity contribution >= 4 is 23.4 Å². The number of carboxylic acid groups (broad SMARTS) is 1. The van der Waals surface area contributed by atoms with Crippen molar-refractivity contribution in [2.75, 3.05) is 13.7 Å². The Morgan fingerprint density at radius 1 is 1.04 bits per heavy atom. The number of amides is 1. The fourth-order valence-electron chi connectivity index (χ4n) is 3.07. The van der Waals surface area contributed by atoms with E-state index in [0.29, 0.717) is 16.9 Å². The average Bonchev–Trinajstić information content (AvgIpc) is 2.92. The van der Waals surface area contributed by atoms with Crippen LogP contribution in [0.15, 0.2) is 60.2 Å². The van der Waals surface area contributed by atoms with Gasteiger partial charge >= 0.3 is 5.97 Å². The lowest BCUT2D eigenvalue weighted by Crippen LogP contribution is -2.34. The summed E-state index contributed by atoms with van der Waals surface area (Å²) in [6, 6.07) is 13.8.